The smallest absolute Gasteiger partial charge is 0.170 e. The van der Waals surface area contributed by atoms with E-state index in [1.54, 1.807) is 12.3 Å². The summed E-state index contributed by atoms with van der Waals surface area (Å²) in [6, 6.07) is 14.1. The van der Waals surface area contributed by atoms with Crippen LogP contribution in [-0.2, 0) is 0 Å². The summed E-state index contributed by atoms with van der Waals surface area (Å²) in [6.45, 7) is 1.76. The summed E-state index contributed by atoms with van der Waals surface area (Å²) in [5.41, 5.74) is 1.71. The zero-order valence-electron chi connectivity index (χ0n) is 17.4. The Labute approximate surface area is 195 Å². The maximum absolute atomic E-state index is 13.5. The van der Waals surface area contributed by atoms with Crippen LogP contribution in [0.1, 0.15) is 30.0 Å². The first kappa shape index (κ1) is 21.9. The number of nitrogens with one attached hydrogen (secondary N) is 1. The molecular formula is C23H24BrFN4OS. The van der Waals surface area contributed by atoms with E-state index in [4.69, 9.17) is 16.6 Å². The molecule has 0 spiro atoms. The van der Waals surface area contributed by atoms with Gasteiger partial charge < -0.3 is 19.5 Å². The van der Waals surface area contributed by atoms with E-state index < -0.39 is 0 Å². The van der Waals surface area contributed by atoms with E-state index in [0.717, 1.165) is 36.5 Å². The molecule has 0 unspecified atom stereocenters. The summed E-state index contributed by atoms with van der Waals surface area (Å²) in [6.07, 6.45) is 2.76. The first-order valence-electron chi connectivity index (χ1n) is 10.1. The Kier molecular flexibility index (Phi) is 6.69. The molecule has 0 aliphatic carbocycles. The molecule has 4 rings (SSSR count). The molecule has 5 nitrogen and oxygen atoms in total. The molecule has 1 fully saturated rings. The van der Waals surface area contributed by atoms with Gasteiger partial charge in [0.15, 0.2) is 5.11 Å². The van der Waals surface area contributed by atoms with Gasteiger partial charge in [-0.2, -0.15) is 0 Å². The van der Waals surface area contributed by atoms with Crippen molar-refractivity contribution in [1.29, 1.82) is 0 Å². The molecule has 0 bridgehead atoms. The van der Waals surface area contributed by atoms with Crippen LogP contribution in [0.5, 0.6) is 0 Å². The van der Waals surface area contributed by atoms with E-state index in [0.29, 0.717) is 15.3 Å². The summed E-state index contributed by atoms with van der Waals surface area (Å²) >= 11 is 9.13. The number of pyridine rings is 1. The van der Waals surface area contributed by atoms with Gasteiger partial charge >= 0.3 is 0 Å². The second-order valence-electron chi connectivity index (χ2n) is 7.80. The highest BCUT2D eigenvalue weighted by molar-refractivity contribution is 9.10. The van der Waals surface area contributed by atoms with Gasteiger partial charge in [0.2, 0.25) is 0 Å². The number of furan rings is 1. The molecule has 8 heteroatoms. The summed E-state index contributed by atoms with van der Waals surface area (Å²) < 4.78 is 20.5. The van der Waals surface area contributed by atoms with Crippen molar-refractivity contribution >= 4 is 33.3 Å². The summed E-state index contributed by atoms with van der Waals surface area (Å²) in [7, 11) is 4.13. The molecule has 31 heavy (non-hydrogen) atoms. The van der Waals surface area contributed by atoms with Gasteiger partial charge in [-0.3, -0.25) is 4.98 Å². The van der Waals surface area contributed by atoms with Gasteiger partial charge in [0.1, 0.15) is 23.4 Å². The van der Waals surface area contributed by atoms with Crippen LogP contribution in [0.2, 0.25) is 0 Å². The van der Waals surface area contributed by atoms with Gasteiger partial charge in [0.05, 0.1) is 11.7 Å². The molecule has 1 aliphatic rings. The highest BCUT2D eigenvalue weighted by Gasteiger charge is 2.41. The summed E-state index contributed by atoms with van der Waals surface area (Å²) in [5.74, 6) is 1.17. The van der Waals surface area contributed by atoms with Crippen molar-refractivity contribution in [2.24, 2.45) is 0 Å². The first-order chi connectivity index (χ1) is 14.9. The van der Waals surface area contributed by atoms with Crippen LogP contribution in [-0.4, -0.2) is 47.1 Å². The van der Waals surface area contributed by atoms with Crippen LogP contribution in [0.15, 0.2) is 63.6 Å². The Morgan fingerprint density at radius 3 is 2.77 bits per heavy atom. The van der Waals surface area contributed by atoms with E-state index in [1.165, 1.54) is 12.1 Å². The number of benzene rings is 1. The van der Waals surface area contributed by atoms with E-state index in [-0.39, 0.29) is 17.9 Å². The SMILES string of the molecule is CN(C)CCCN1C(=S)N[C@H](c2ccccn2)[C@@H]1c1ccc(-c2ccc(F)cc2Br)o1. The van der Waals surface area contributed by atoms with Crippen LogP contribution in [0.3, 0.4) is 0 Å². The third-order valence-electron chi connectivity index (χ3n) is 5.32. The zero-order chi connectivity index (χ0) is 22.0. The van der Waals surface area contributed by atoms with Gasteiger partial charge in [-0.25, -0.2) is 4.39 Å². The Balaban J connectivity index is 1.68. The number of nitrogens with zero attached hydrogens (tertiary/aromatic N) is 3. The summed E-state index contributed by atoms with van der Waals surface area (Å²) in [5, 5.41) is 4.13. The lowest BCUT2D eigenvalue weighted by Gasteiger charge is -2.26. The number of rotatable bonds is 7. The molecule has 2 aromatic heterocycles. The topological polar surface area (TPSA) is 44.5 Å². The molecule has 3 heterocycles. The Morgan fingerprint density at radius 2 is 2.06 bits per heavy atom. The van der Waals surface area contributed by atoms with Gasteiger partial charge in [0, 0.05) is 22.8 Å². The second-order valence-corrected chi connectivity index (χ2v) is 9.04. The normalized spacial score (nSPS) is 18.6. The van der Waals surface area contributed by atoms with Gasteiger partial charge in [-0.1, -0.05) is 6.07 Å². The first-order valence-corrected chi connectivity index (χ1v) is 11.3. The maximum Gasteiger partial charge on any atom is 0.170 e. The molecule has 1 aliphatic heterocycles. The van der Waals surface area contributed by atoms with Crippen molar-refractivity contribution in [2.75, 3.05) is 27.2 Å². The van der Waals surface area contributed by atoms with Crippen molar-refractivity contribution in [3.63, 3.8) is 0 Å². The Morgan fingerprint density at radius 1 is 1.23 bits per heavy atom. The average molecular weight is 503 g/mol. The van der Waals surface area contributed by atoms with Crippen LogP contribution >= 0.6 is 28.1 Å². The van der Waals surface area contributed by atoms with Crippen molar-refractivity contribution in [3.8, 4) is 11.3 Å². The lowest BCUT2D eigenvalue weighted by atomic mass is 10.0. The van der Waals surface area contributed by atoms with E-state index in [1.807, 2.05) is 30.3 Å². The largest absolute Gasteiger partial charge is 0.459 e. The molecule has 1 N–H and O–H groups in total. The number of hydrogen-bond donors (Lipinski definition) is 1. The molecule has 2 atom stereocenters. The molecule has 0 radical (unpaired) electrons. The van der Waals surface area contributed by atoms with Crippen LogP contribution in [0.4, 0.5) is 4.39 Å². The van der Waals surface area contributed by atoms with E-state index >= 15 is 0 Å². The van der Waals surface area contributed by atoms with Gasteiger partial charge in [-0.05, 0) is 97.7 Å². The fourth-order valence-electron chi connectivity index (χ4n) is 3.86. The minimum Gasteiger partial charge on any atom is -0.459 e. The Hall–Kier alpha value is -2.29. The molecule has 162 valence electrons. The second kappa shape index (κ2) is 9.46. The van der Waals surface area contributed by atoms with Crippen LogP contribution in [0.25, 0.3) is 11.3 Å². The van der Waals surface area contributed by atoms with Gasteiger partial charge in [-0.15, -0.1) is 0 Å². The third-order valence-corrected chi connectivity index (χ3v) is 6.33. The number of aromatic nitrogens is 1. The highest BCUT2D eigenvalue weighted by Crippen LogP contribution is 2.41. The van der Waals surface area contributed by atoms with Gasteiger partial charge in [0.25, 0.3) is 0 Å². The van der Waals surface area contributed by atoms with Crippen LogP contribution < -0.4 is 5.32 Å². The molecule has 1 aromatic carbocycles. The minimum atomic E-state index is -0.296. The van der Waals surface area contributed by atoms with Crippen molar-refractivity contribution in [1.82, 2.24) is 20.1 Å². The van der Waals surface area contributed by atoms with E-state index in [9.17, 15) is 4.39 Å². The fraction of sp³-hybridized carbons (Fsp3) is 0.304. The molecule has 1 saturated heterocycles. The molecule has 3 aromatic rings. The lowest BCUT2D eigenvalue weighted by molar-refractivity contribution is 0.261. The number of halogens is 2. The maximum atomic E-state index is 13.5. The monoisotopic (exact) mass is 502 g/mol. The van der Waals surface area contributed by atoms with Crippen molar-refractivity contribution in [3.05, 3.63) is 76.5 Å². The predicted octanol–water partition coefficient (Wildman–Crippen LogP) is 5.17. The predicted molar refractivity (Wildman–Crippen MR) is 127 cm³/mol. The highest BCUT2D eigenvalue weighted by atomic mass is 79.9. The molecule has 0 amide bonds. The van der Waals surface area contributed by atoms with E-state index in [2.05, 4.69) is 50.1 Å². The number of hydrogen-bond acceptors (Lipinski definition) is 4. The molecule has 0 saturated carbocycles. The lowest BCUT2D eigenvalue weighted by Crippen LogP contribution is -2.32. The Bertz CT molecular complexity index is 1060. The zero-order valence-corrected chi connectivity index (χ0v) is 19.8. The average Bonchev–Trinajstić information content (AvgIpc) is 3.33. The minimum absolute atomic E-state index is 0.122. The third kappa shape index (κ3) is 4.81. The quantitative estimate of drug-likeness (QED) is 0.449. The number of thiocarbonyl (C=S) groups is 1. The standard InChI is InChI=1S/C23H24BrFN4OS/c1-28(2)12-5-13-29-22(21(27-23(29)31)18-6-3-4-11-26-18)20-10-9-19(30-20)16-8-7-15(25)14-17(16)24/h3-4,6-11,14,21-22H,5,12-13H2,1-2H3,(H,27,31)/t21-,22+/m1/s1. The van der Waals surface area contributed by atoms with Crippen LogP contribution in [0, 0.1) is 5.82 Å². The van der Waals surface area contributed by atoms with Crippen molar-refractivity contribution < 1.29 is 8.81 Å². The summed E-state index contributed by atoms with van der Waals surface area (Å²) in [4.78, 5) is 8.90. The van der Waals surface area contributed by atoms with Crippen molar-refractivity contribution in [2.45, 2.75) is 18.5 Å². The fourth-order valence-corrected chi connectivity index (χ4v) is 4.74. The molecular weight excluding hydrogens is 479 g/mol.